The number of rotatable bonds is 6. The third-order valence-electron chi connectivity index (χ3n) is 7.97. The lowest BCUT2D eigenvalue weighted by Gasteiger charge is -2.44. The van der Waals surface area contributed by atoms with Crippen molar-refractivity contribution in [3.63, 3.8) is 0 Å². The summed E-state index contributed by atoms with van der Waals surface area (Å²) in [7, 11) is 1.99. The maximum absolute atomic E-state index is 4.59. The van der Waals surface area contributed by atoms with Crippen LogP contribution in [0.5, 0.6) is 0 Å². The van der Waals surface area contributed by atoms with Crippen LogP contribution in [0, 0.1) is 0 Å². The van der Waals surface area contributed by atoms with E-state index in [2.05, 4.69) is 163 Å². The summed E-state index contributed by atoms with van der Waals surface area (Å²) in [6, 6.07) is 64.2. The first kappa shape index (κ1) is 28.1. The van der Waals surface area contributed by atoms with E-state index in [1.165, 1.54) is 38.0 Å². The molecule has 0 bridgehead atoms. The Morgan fingerprint density at radius 1 is 0.419 bits per heavy atom. The predicted octanol–water partition coefficient (Wildman–Crippen LogP) is 6.37. The van der Waals surface area contributed by atoms with E-state index in [4.69, 9.17) is 0 Å². The van der Waals surface area contributed by atoms with E-state index in [1.807, 2.05) is 36.0 Å². The first-order valence-electron chi connectivity index (χ1n) is 14.6. The molecule has 0 spiro atoms. The normalized spacial score (nSPS) is 10.9. The molecule has 0 N–H and O–H groups in total. The number of nitrogens with zero attached hydrogens (tertiary/aromatic N) is 2. The van der Waals surface area contributed by atoms with Crippen molar-refractivity contribution in [1.82, 2.24) is 5.10 Å². The summed E-state index contributed by atoms with van der Waals surface area (Å²) in [6.07, 6.45) is -1.22. The van der Waals surface area contributed by atoms with Crippen LogP contribution in [-0.2, 0) is 7.05 Å². The Kier molecular flexibility index (Phi) is 8.68. The molecule has 0 radical (unpaired) electrons. The van der Waals surface area contributed by atoms with Gasteiger partial charge in [0.15, 0.2) is 12.1 Å². The van der Waals surface area contributed by atoms with Crippen LogP contribution in [0.15, 0.2) is 182 Å². The molecule has 0 saturated carbocycles. The first-order chi connectivity index (χ1) is 21.3. The summed E-state index contributed by atoms with van der Waals surface area (Å²) >= 11 is 1.72. The molecular weight excluding hydrogens is 539 g/mol. The smallest absolute Gasteiger partial charge is 0.195 e. The molecule has 0 aliphatic carbocycles. The summed E-state index contributed by atoms with van der Waals surface area (Å²) in [6.45, 7) is 0. The average Bonchev–Trinajstić information content (AvgIpc) is 3.50. The van der Waals surface area contributed by atoms with Crippen LogP contribution in [0.2, 0.25) is 0 Å². The van der Waals surface area contributed by atoms with Gasteiger partial charge in [0, 0.05) is 10.7 Å². The number of hydrogen-bond donors (Lipinski definition) is 0. The van der Waals surface area contributed by atoms with E-state index in [1.54, 1.807) is 11.3 Å². The zero-order chi connectivity index (χ0) is 29.3. The van der Waals surface area contributed by atoms with Crippen molar-refractivity contribution < 1.29 is 4.68 Å². The minimum Gasteiger partial charge on any atom is -0.195 e. The van der Waals surface area contributed by atoms with E-state index in [0.29, 0.717) is 0 Å². The topological polar surface area (TPSA) is 16.8 Å². The molecule has 0 fully saturated rings. The van der Waals surface area contributed by atoms with Crippen LogP contribution in [0.4, 0.5) is 0 Å². The van der Waals surface area contributed by atoms with Gasteiger partial charge in [0.2, 0.25) is 0 Å². The van der Waals surface area contributed by atoms with Gasteiger partial charge in [0.1, 0.15) is 6.15 Å². The van der Waals surface area contributed by atoms with Crippen LogP contribution in [-0.4, -0.2) is 11.2 Å². The Morgan fingerprint density at radius 3 is 1.07 bits per heavy atom. The lowest BCUT2D eigenvalue weighted by molar-refractivity contribution is -0.714. The zero-order valence-corrected chi connectivity index (χ0v) is 25.0. The summed E-state index contributed by atoms with van der Waals surface area (Å²) < 4.78 is 1.95. The Morgan fingerprint density at radius 2 is 0.721 bits per heavy atom. The molecule has 2 nitrogen and oxygen atoms in total. The highest BCUT2D eigenvalue weighted by atomic mass is 32.1. The molecule has 0 unspecified atom stereocenters. The Hall–Kier alpha value is -5.06. The molecule has 0 atom stereocenters. The molecule has 0 aliphatic heterocycles. The van der Waals surface area contributed by atoms with Gasteiger partial charge < -0.3 is 0 Å². The van der Waals surface area contributed by atoms with Gasteiger partial charge in [-0.25, -0.2) is 0 Å². The van der Waals surface area contributed by atoms with Gasteiger partial charge in [-0.1, -0.05) is 175 Å². The van der Waals surface area contributed by atoms with Gasteiger partial charge in [0.25, 0.3) is 5.01 Å². The molecule has 1 aromatic heterocycles. The van der Waals surface area contributed by atoms with Crippen LogP contribution >= 0.6 is 11.3 Å². The van der Waals surface area contributed by atoms with Gasteiger partial charge in [-0.15, -0.1) is 0 Å². The van der Waals surface area contributed by atoms with Crippen molar-refractivity contribution in [3.05, 3.63) is 182 Å². The molecule has 7 rings (SSSR count). The third-order valence-corrected chi connectivity index (χ3v) is 9.17. The molecule has 7 aromatic rings. The van der Waals surface area contributed by atoms with Crippen molar-refractivity contribution in [1.29, 1.82) is 0 Å². The summed E-state index contributed by atoms with van der Waals surface area (Å²) in [4.78, 5) is 0. The molecule has 0 aliphatic rings. The van der Waals surface area contributed by atoms with Crippen molar-refractivity contribution in [2.45, 2.75) is 0 Å². The fraction of sp³-hybridized carbons (Fsp3) is 0.0256. The monoisotopic (exact) mass is 572 g/mol. The van der Waals surface area contributed by atoms with Gasteiger partial charge in [-0.3, -0.25) is 0 Å². The zero-order valence-electron chi connectivity index (χ0n) is 24.2. The number of hydrogen-bond acceptors (Lipinski definition) is 2. The molecular formula is C39H33BN2S. The van der Waals surface area contributed by atoms with Crippen molar-refractivity contribution in [2.24, 2.45) is 7.05 Å². The van der Waals surface area contributed by atoms with E-state index in [-0.39, 0.29) is 0 Å². The summed E-state index contributed by atoms with van der Waals surface area (Å²) in [5, 5.41) is 6.82. The summed E-state index contributed by atoms with van der Waals surface area (Å²) in [5.41, 5.74) is 7.73. The van der Waals surface area contributed by atoms with Crippen molar-refractivity contribution in [3.8, 4) is 21.1 Å². The number of benzene rings is 6. The highest BCUT2D eigenvalue weighted by Gasteiger charge is 2.31. The molecule has 0 saturated heterocycles. The van der Waals surface area contributed by atoms with E-state index >= 15 is 0 Å². The van der Waals surface area contributed by atoms with Crippen LogP contribution in [0.1, 0.15) is 0 Å². The van der Waals surface area contributed by atoms with Gasteiger partial charge >= 0.3 is 0 Å². The minimum absolute atomic E-state index is 1.05. The van der Waals surface area contributed by atoms with Crippen molar-refractivity contribution in [2.75, 3.05) is 0 Å². The Labute approximate surface area is 258 Å². The molecule has 1 heterocycles. The molecule has 43 heavy (non-hydrogen) atoms. The minimum atomic E-state index is -1.22. The van der Waals surface area contributed by atoms with Gasteiger partial charge in [-0.2, -0.15) is 21.9 Å². The Bertz CT molecular complexity index is 1680. The van der Waals surface area contributed by atoms with E-state index < -0.39 is 6.15 Å². The largest absolute Gasteiger partial charge is 0.296 e. The summed E-state index contributed by atoms with van der Waals surface area (Å²) in [5.74, 6) is 0. The molecule has 0 amide bonds. The predicted molar refractivity (Wildman–Crippen MR) is 184 cm³/mol. The van der Waals surface area contributed by atoms with Crippen LogP contribution < -0.4 is 26.5 Å². The second-order valence-electron chi connectivity index (χ2n) is 10.6. The van der Waals surface area contributed by atoms with E-state index in [9.17, 15) is 0 Å². The standard InChI is InChI=1S/C24H20B.C15H13N2S/c1-5-13-21(14-6-1)25(22-15-7-2-8-16-22,23-17-9-3-10-18-23)24-19-11-4-12-20-24;1-17-15(13-10-6-3-7-11-13)18-14(16-17)12-8-4-2-5-9-12/h1-20H;2-11H,1H3/q-1;+1. The van der Waals surface area contributed by atoms with Crippen molar-refractivity contribution >= 4 is 39.3 Å². The second kappa shape index (κ2) is 13.3. The van der Waals surface area contributed by atoms with Gasteiger partial charge in [-0.05, 0) is 23.5 Å². The third kappa shape index (κ3) is 5.97. The molecule has 208 valence electrons. The SMILES string of the molecule is C[n+]1nc(-c2ccccc2)sc1-c1ccccc1.c1ccc([B-](c2ccccc2)(c2ccccc2)c2ccccc2)cc1. The fourth-order valence-corrected chi connectivity index (χ4v) is 7.03. The highest BCUT2D eigenvalue weighted by Crippen LogP contribution is 2.28. The number of aryl methyl sites for hydroxylation is 1. The van der Waals surface area contributed by atoms with Gasteiger partial charge in [0.05, 0.1) is 5.56 Å². The fourth-order valence-electron chi connectivity index (χ4n) is 6.01. The number of aromatic nitrogens is 2. The molecule has 6 aromatic carbocycles. The quantitative estimate of drug-likeness (QED) is 0.167. The van der Waals surface area contributed by atoms with Crippen LogP contribution in [0.3, 0.4) is 0 Å². The Balaban J connectivity index is 0.000000162. The second-order valence-corrected chi connectivity index (χ2v) is 11.6. The van der Waals surface area contributed by atoms with E-state index in [0.717, 1.165) is 5.01 Å². The van der Waals surface area contributed by atoms with Crippen LogP contribution in [0.25, 0.3) is 21.1 Å². The first-order valence-corrected chi connectivity index (χ1v) is 15.4. The maximum Gasteiger partial charge on any atom is 0.296 e. The lowest BCUT2D eigenvalue weighted by Crippen LogP contribution is -2.74. The molecule has 4 heteroatoms. The maximum atomic E-state index is 4.59. The lowest BCUT2D eigenvalue weighted by atomic mass is 9.13. The highest BCUT2D eigenvalue weighted by molar-refractivity contribution is 7.20. The average molecular weight is 573 g/mol.